The van der Waals surface area contributed by atoms with Gasteiger partial charge in [-0.25, -0.2) is 4.79 Å². The van der Waals surface area contributed by atoms with Crippen molar-refractivity contribution in [1.29, 1.82) is 0 Å². The Hall–Kier alpha value is -2.69. The molecule has 5 rings (SSSR count). The van der Waals surface area contributed by atoms with Crippen LogP contribution in [-0.2, 0) is 11.3 Å². The normalized spacial score (nSPS) is 17.7. The van der Waals surface area contributed by atoms with E-state index in [2.05, 4.69) is 36.2 Å². The van der Waals surface area contributed by atoms with Gasteiger partial charge < -0.3 is 14.5 Å². The monoisotopic (exact) mass is 560 g/mol. The van der Waals surface area contributed by atoms with Gasteiger partial charge in [0.25, 0.3) is 5.91 Å². The van der Waals surface area contributed by atoms with Crippen molar-refractivity contribution in [2.75, 3.05) is 39.3 Å². The molecule has 2 saturated heterocycles. The largest absolute Gasteiger partial charge is 0.445 e. The number of aromatic amines is 1. The highest BCUT2D eigenvalue weighted by Crippen LogP contribution is 2.22. The number of fused-ring (bicyclic) bond motifs is 1. The van der Waals surface area contributed by atoms with Gasteiger partial charge >= 0.3 is 6.09 Å². The molecule has 184 valence electrons. The SMILES string of the molecule is O=C(OCc1cc(Cl)cc(Br)c1)N1CCN(C2CCN(C(=O)c3ccc4[nH]nnc4c3)CC2)CC1. The molecule has 3 heterocycles. The van der Waals surface area contributed by atoms with Crippen LogP contribution in [0.25, 0.3) is 11.0 Å². The number of piperazine rings is 1. The summed E-state index contributed by atoms with van der Waals surface area (Å²) in [6.45, 7) is 4.51. The fourth-order valence-corrected chi connectivity index (χ4v) is 5.72. The predicted octanol–water partition coefficient (Wildman–Crippen LogP) is 3.93. The molecule has 0 atom stereocenters. The number of H-pyrrole nitrogens is 1. The number of rotatable bonds is 4. The van der Waals surface area contributed by atoms with Crippen molar-refractivity contribution in [2.45, 2.75) is 25.5 Å². The summed E-state index contributed by atoms with van der Waals surface area (Å²) in [5, 5.41) is 11.2. The first-order valence-electron chi connectivity index (χ1n) is 11.7. The molecule has 11 heteroatoms. The molecule has 0 unspecified atom stereocenters. The lowest BCUT2D eigenvalue weighted by atomic mass is 10.0. The smallest absolute Gasteiger partial charge is 0.410 e. The van der Waals surface area contributed by atoms with E-state index in [9.17, 15) is 9.59 Å². The third-order valence-electron chi connectivity index (χ3n) is 6.70. The Labute approximate surface area is 216 Å². The Morgan fingerprint density at radius 3 is 2.54 bits per heavy atom. The standard InChI is InChI=1S/C24H26BrClN6O3/c25-18-11-16(12-19(26)14-18)15-35-24(34)32-9-7-30(8-10-32)20-3-5-31(6-4-20)23(33)17-1-2-21-22(13-17)28-29-27-21/h1-2,11-14,20H,3-10,15H2,(H,27,28,29). The molecule has 3 aromatic rings. The van der Waals surface area contributed by atoms with Crippen molar-refractivity contribution in [2.24, 2.45) is 0 Å². The molecular weight excluding hydrogens is 536 g/mol. The van der Waals surface area contributed by atoms with Gasteiger partial charge in [0.1, 0.15) is 12.1 Å². The van der Waals surface area contributed by atoms with Gasteiger partial charge in [0.2, 0.25) is 0 Å². The fraction of sp³-hybridized carbons (Fsp3) is 0.417. The van der Waals surface area contributed by atoms with Gasteiger partial charge in [-0.2, -0.15) is 0 Å². The van der Waals surface area contributed by atoms with Crippen molar-refractivity contribution >= 4 is 50.6 Å². The van der Waals surface area contributed by atoms with Gasteiger partial charge in [-0.05, 0) is 54.8 Å². The van der Waals surface area contributed by atoms with Gasteiger partial charge in [0, 0.05) is 60.4 Å². The van der Waals surface area contributed by atoms with Crippen LogP contribution in [-0.4, -0.2) is 87.4 Å². The van der Waals surface area contributed by atoms with E-state index in [4.69, 9.17) is 16.3 Å². The van der Waals surface area contributed by atoms with E-state index in [-0.39, 0.29) is 18.6 Å². The summed E-state index contributed by atoms with van der Waals surface area (Å²) in [6.07, 6.45) is 1.54. The maximum Gasteiger partial charge on any atom is 0.410 e. The number of carbonyl (C=O) groups excluding carboxylic acids is 2. The molecular formula is C24H26BrClN6O3. The van der Waals surface area contributed by atoms with Crippen LogP contribution in [0.5, 0.6) is 0 Å². The molecule has 2 amide bonds. The van der Waals surface area contributed by atoms with Crippen molar-refractivity contribution in [1.82, 2.24) is 30.1 Å². The molecule has 0 saturated carbocycles. The first kappa shape index (κ1) is 24.0. The average molecular weight is 562 g/mol. The topological polar surface area (TPSA) is 94.7 Å². The zero-order valence-corrected chi connectivity index (χ0v) is 21.5. The number of carbonyl (C=O) groups is 2. The van der Waals surface area contributed by atoms with Crippen LogP contribution in [0.2, 0.25) is 5.02 Å². The summed E-state index contributed by atoms with van der Waals surface area (Å²) >= 11 is 9.47. The number of piperidine rings is 1. The van der Waals surface area contributed by atoms with E-state index in [0.717, 1.165) is 54.6 Å². The molecule has 0 aliphatic carbocycles. The van der Waals surface area contributed by atoms with E-state index in [1.54, 1.807) is 23.1 Å². The Kier molecular flexibility index (Phi) is 7.22. The number of likely N-dealkylation sites (tertiary alicyclic amines) is 1. The van der Waals surface area contributed by atoms with Crippen molar-refractivity contribution in [3.63, 3.8) is 0 Å². The number of hydrogen-bond donors (Lipinski definition) is 1. The van der Waals surface area contributed by atoms with Crippen LogP contribution in [0.4, 0.5) is 4.79 Å². The molecule has 0 spiro atoms. The summed E-state index contributed by atoms with van der Waals surface area (Å²) in [5.41, 5.74) is 3.00. The fourth-order valence-electron chi connectivity index (χ4n) is 4.79. The molecule has 2 aliphatic rings. The second kappa shape index (κ2) is 10.5. The first-order chi connectivity index (χ1) is 17.0. The first-order valence-corrected chi connectivity index (χ1v) is 12.8. The zero-order valence-electron chi connectivity index (χ0n) is 19.1. The molecule has 2 aliphatic heterocycles. The van der Waals surface area contributed by atoms with Gasteiger partial charge in [0.15, 0.2) is 0 Å². The molecule has 2 aromatic carbocycles. The summed E-state index contributed by atoms with van der Waals surface area (Å²) < 4.78 is 6.35. The molecule has 9 nitrogen and oxygen atoms in total. The highest BCUT2D eigenvalue weighted by molar-refractivity contribution is 9.10. The second-order valence-corrected chi connectivity index (χ2v) is 10.3. The second-order valence-electron chi connectivity index (χ2n) is 8.92. The third-order valence-corrected chi connectivity index (χ3v) is 7.37. The van der Waals surface area contributed by atoms with E-state index in [1.165, 1.54) is 0 Å². The van der Waals surface area contributed by atoms with E-state index < -0.39 is 0 Å². The summed E-state index contributed by atoms with van der Waals surface area (Å²) in [7, 11) is 0. The zero-order chi connectivity index (χ0) is 24.4. The van der Waals surface area contributed by atoms with Crippen LogP contribution in [0.3, 0.4) is 0 Å². The van der Waals surface area contributed by atoms with Gasteiger partial charge in [-0.1, -0.05) is 32.7 Å². The summed E-state index contributed by atoms with van der Waals surface area (Å²) in [4.78, 5) is 31.6. The number of benzene rings is 2. The Balaban J connectivity index is 1.07. The van der Waals surface area contributed by atoms with Crippen molar-refractivity contribution in [3.05, 3.63) is 57.0 Å². The molecule has 1 aromatic heterocycles. The van der Waals surface area contributed by atoms with Crippen LogP contribution >= 0.6 is 27.5 Å². The number of ether oxygens (including phenoxy) is 1. The molecule has 0 bridgehead atoms. The Morgan fingerprint density at radius 2 is 1.80 bits per heavy atom. The highest BCUT2D eigenvalue weighted by atomic mass is 79.9. The maximum absolute atomic E-state index is 13.0. The summed E-state index contributed by atoms with van der Waals surface area (Å²) in [6, 6.07) is 11.3. The molecule has 2 fully saturated rings. The predicted molar refractivity (Wildman–Crippen MR) is 135 cm³/mol. The quantitative estimate of drug-likeness (QED) is 0.519. The minimum atomic E-state index is -0.301. The number of amides is 2. The minimum absolute atomic E-state index is 0.0349. The maximum atomic E-state index is 13.0. The number of nitrogens with zero attached hydrogens (tertiary/aromatic N) is 5. The lowest BCUT2D eigenvalue weighted by molar-refractivity contribution is 0.0394. The Morgan fingerprint density at radius 1 is 1.03 bits per heavy atom. The minimum Gasteiger partial charge on any atom is -0.445 e. The van der Waals surface area contributed by atoms with Crippen molar-refractivity contribution < 1.29 is 14.3 Å². The highest BCUT2D eigenvalue weighted by Gasteiger charge is 2.31. The summed E-state index contributed by atoms with van der Waals surface area (Å²) in [5.74, 6) is 0.0349. The number of hydrogen-bond acceptors (Lipinski definition) is 6. The van der Waals surface area contributed by atoms with Crippen molar-refractivity contribution in [3.8, 4) is 0 Å². The van der Waals surface area contributed by atoms with Crippen LogP contribution in [0, 0.1) is 0 Å². The van der Waals surface area contributed by atoms with Crippen LogP contribution in [0.1, 0.15) is 28.8 Å². The van der Waals surface area contributed by atoms with E-state index in [0.29, 0.717) is 35.2 Å². The number of aromatic nitrogens is 3. The van der Waals surface area contributed by atoms with Gasteiger partial charge in [-0.3, -0.25) is 14.8 Å². The molecule has 35 heavy (non-hydrogen) atoms. The van der Waals surface area contributed by atoms with E-state index in [1.807, 2.05) is 23.1 Å². The lowest BCUT2D eigenvalue weighted by Crippen LogP contribution is -2.54. The third kappa shape index (κ3) is 5.60. The van der Waals surface area contributed by atoms with Crippen LogP contribution < -0.4 is 0 Å². The molecule has 0 radical (unpaired) electrons. The van der Waals surface area contributed by atoms with Crippen LogP contribution in [0.15, 0.2) is 40.9 Å². The molecule has 1 N–H and O–H groups in total. The van der Waals surface area contributed by atoms with Gasteiger partial charge in [0.05, 0.1) is 5.52 Å². The van der Waals surface area contributed by atoms with E-state index >= 15 is 0 Å². The Bertz CT molecular complexity index is 1200. The average Bonchev–Trinajstić information content (AvgIpc) is 3.34. The number of halogens is 2. The lowest BCUT2D eigenvalue weighted by Gasteiger charge is -2.42. The number of nitrogens with one attached hydrogen (secondary N) is 1. The van der Waals surface area contributed by atoms with Gasteiger partial charge in [-0.15, -0.1) is 5.10 Å².